The van der Waals surface area contributed by atoms with Gasteiger partial charge < -0.3 is 5.32 Å². The molecular formula is C13H18N2O3. The van der Waals surface area contributed by atoms with Crippen molar-refractivity contribution in [2.24, 2.45) is 5.92 Å². The van der Waals surface area contributed by atoms with Crippen LogP contribution in [-0.2, 0) is 0 Å². The Morgan fingerprint density at radius 1 is 1.33 bits per heavy atom. The Bertz CT molecular complexity index is 428. The molecule has 98 valence electrons. The summed E-state index contributed by atoms with van der Waals surface area (Å²) < 4.78 is 0. The van der Waals surface area contributed by atoms with Crippen molar-refractivity contribution in [3.05, 3.63) is 39.9 Å². The van der Waals surface area contributed by atoms with E-state index in [1.54, 1.807) is 12.1 Å². The van der Waals surface area contributed by atoms with E-state index < -0.39 is 4.92 Å². The quantitative estimate of drug-likeness (QED) is 0.623. The predicted molar refractivity (Wildman–Crippen MR) is 69.5 cm³/mol. The fraction of sp³-hybridized carbons (Fsp3) is 0.462. The summed E-state index contributed by atoms with van der Waals surface area (Å²) in [5, 5.41) is 13.6. The van der Waals surface area contributed by atoms with Gasteiger partial charge in [-0.3, -0.25) is 14.9 Å². The second-order valence-electron chi connectivity index (χ2n) is 4.17. The van der Waals surface area contributed by atoms with Gasteiger partial charge in [-0.1, -0.05) is 38.8 Å². The van der Waals surface area contributed by atoms with Gasteiger partial charge in [0.05, 0.1) is 4.92 Å². The molecule has 1 aromatic carbocycles. The third-order valence-electron chi connectivity index (χ3n) is 3.05. The molecule has 0 atom stereocenters. The van der Waals surface area contributed by atoms with E-state index in [1.165, 1.54) is 12.1 Å². The van der Waals surface area contributed by atoms with Crippen LogP contribution in [0.1, 0.15) is 37.0 Å². The van der Waals surface area contributed by atoms with Gasteiger partial charge in [0.2, 0.25) is 0 Å². The Hall–Kier alpha value is -1.91. The first-order chi connectivity index (χ1) is 8.60. The Balaban J connectivity index is 2.75. The average Bonchev–Trinajstić information content (AvgIpc) is 2.39. The standard InChI is InChI=1S/C13H18N2O3/c1-3-10(4-2)9-14-13(16)11-7-5-6-8-12(11)15(17)18/h5-8,10H,3-4,9H2,1-2H3,(H,14,16). The topological polar surface area (TPSA) is 72.2 Å². The number of rotatable bonds is 6. The summed E-state index contributed by atoms with van der Waals surface area (Å²) in [7, 11) is 0. The van der Waals surface area contributed by atoms with Crippen molar-refractivity contribution in [2.45, 2.75) is 26.7 Å². The molecule has 5 nitrogen and oxygen atoms in total. The van der Waals surface area contributed by atoms with Gasteiger partial charge in [-0.15, -0.1) is 0 Å². The zero-order chi connectivity index (χ0) is 13.5. The minimum absolute atomic E-state index is 0.119. The van der Waals surface area contributed by atoms with Crippen molar-refractivity contribution in [2.75, 3.05) is 6.54 Å². The third kappa shape index (κ3) is 3.55. The molecule has 0 saturated heterocycles. The van der Waals surface area contributed by atoms with E-state index in [4.69, 9.17) is 0 Å². The van der Waals surface area contributed by atoms with Crippen LogP contribution in [0.2, 0.25) is 0 Å². The van der Waals surface area contributed by atoms with Crippen LogP contribution in [0.15, 0.2) is 24.3 Å². The first-order valence-corrected chi connectivity index (χ1v) is 6.11. The number of nitro groups is 1. The van der Waals surface area contributed by atoms with Crippen molar-refractivity contribution >= 4 is 11.6 Å². The number of hydrogen-bond donors (Lipinski definition) is 1. The molecule has 5 heteroatoms. The SMILES string of the molecule is CCC(CC)CNC(=O)c1ccccc1[N+](=O)[O-]. The lowest BCUT2D eigenvalue weighted by Crippen LogP contribution is -2.29. The van der Waals surface area contributed by atoms with Crippen molar-refractivity contribution in [1.82, 2.24) is 5.32 Å². The van der Waals surface area contributed by atoms with Gasteiger partial charge in [0, 0.05) is 12.6 Å². The molecule has 0 aliphatic rings. The molecule has 0 heterocycles. The van der Waals surface area contributed by atoms with Crippen molar-refractivity contribution in [3.8, 4) is 0 Å². The average molecular weight is 250 g/mol. The predicted octanol–water partition coefficient (Wildman–Crippen LogP) is 2.76. The number of carbonyl (C=O) groups excluding carboxylic acids is 1. The van der Waals surface area contributed by atoms with Gasteiger partial charge in [-0.05, 0) is 12.0 Å². The Kier molecular flexibility index (Phi) is 5.30. The van der Waals surface area contributed by atoms with Gasteiger partial charge in [0.15, 0.2) is 0 Å². The fourth-order valence-corrected chi connectivity index (χ4v) is 1.73. The maximum Gasteiger partial charge on any atom is 0.282 e. The summed E-state index contributed by atoms with van der Waals surface area (Å²) in [6.07, 6.45) is 1.96. The number of hydrogen-bond acceptors (Lipinski definition) is 3. The van der Waals surface area contributed by atoms with E-state index >= 15 is 0 Å². The normalized spacial score (nSPS) is 10.4. The minimum atomic E-state index is -0.536. The molecule has 1 rings (SSSR count). The summed E-state index contributed by atoms with van der Waals surface area (Å²) in [5.74, 6) is 0.0333. The minimum Gasteiger partial charge on any atom is -0.352 e. The molecule has 0 fully saturated rings. The van der Waals surface area contributed by atoms with Crippen molar-refractivity contribution < 1.29 is 9.72 Å². The van der Waals surface area contributed by atoms with Crippen LogP contribution in [0.5, 0.6) is 0 Å². The molecular weight excluding hydrogens is 232 g/mol. The molecule has 1 amide bonds. The number of para-hydroxylation sites is 1. The highest BCUT2D eigenvalue weighted by molar-refractivity contribution is 5.98. The monoisotopic (exact) mass is 250 g/mol. The third-order valence-corrected chi connectivity index (χ3v) is 3.05. The van der Waals surface area contributed by atoms with E-state index in [9.17, 15) is 14.9 Å². The molecule has 0 aliphatic carbocycles. The van der Waals surface area contributed by atoms with Gasteiger partial charge in [-0.25, -0.2) is 0 Å². The number of nitrogens with one attached hydrogen (secondary N) is 1. The lowest BCUT2D eigenvalue weighted by molar-refractivity contribution is -0.385. The number of carbonyl (C=O) groups is 1. The summed E-state index contributed by atoms with van der Waals surface area (Å²) in [6.45, 7) is 4.68. The molecule has 0 aromatic heterocycles. The van der Waals surface area contributed by atoms with Crippen LogP contribution in [0.4, 0.5) is 5.69 Å². The van der Waals surface area contributed by atoms with Crippen LogP contribution in [0.25, 0.3) is 0 Å². The highest BCUT2D eigenvalue weighted by Crippen LogP contribution is 2.17. The fourth-order valence-electron chi connectivity index (χ4n) is 1.73. The summed E-state index contributed by atoms with van der Waals surface area (Å²) >= 11 is 0. The van der Waals surface area contributed by atoms with Gasteiger partial charge >= 0.3 is 0 Å². The summed E-state index contributed by atoms with van der Waals surface area (Å²) in [5.41, 5.74) is -0.0343. The lowest BCUT2D eigenvalue weighted by atomic mass is 10.0. The van der Waals surface area contributed by atoms with E-state index in [0.717, 1.165) is 12.8 Å². The molecule has 0 unspecified atom stereocenters. The van der Waals surface area contributed by atoms with Gasteiger partial charge in [0.1, 0.15) is 5.56 Å². The zero-order valence-electron chi connectivity index (χ0n) is 10.7. The van der Waals surface area contributed by atoms with E-state index in [-0.39, 0.29) is 17.2 Å². The van der Waals surface area contributed by atoms with Gasteiger partial charge in [0.25, 0.3) is 11.6 Å². The molecule has 0 saturated carbocycles. The van der Waals surface area contributed by atoms with Crippen molar-refractivity contribution in [1.29, 1.82) is 0 Å². The van der Waals surface area contributed by atoms with Crippen LogP contribution < -0.4 is 5.32 Å². The molecule has 0 radical (unpaired) electrons. The number of nitro benzene ring substituents is 1. The molecule has 0 aliphatic heterocycles. The molecule has 18 heavy (non-hydrogen) atoms. The lowest BCUT2D eigenvalue weighted by Gasteiger charge is -2.13. The van der Waals surface area contributed by atoms with E-state index in [1.807, 2.05) is 0 Å². The first-order valence-electron chi connectivity index (χ1n) is 6.11. The highest BCUT2D eigenvalue weighted by Gasteiger charge is 2.19. The van der Waals surface area contributed by atoms with E-state index in [2.05, 4.69) is 19.2 Å². The summed E-state index contributed by atoms with van der Waals surface area (Å²) in [4.78, 5) is 22.2. The molecule has 1 N–H and O–H groups in total. The Morgan fingerprint density at radius 3 is 2.50 bits per heavy atom. The smallest absolute Gasteiger partial charge is 0.282 e. The number of amides is 1. The second-order valence-corrected chi connectivity index (χ2v) is 4.17. The van der Waals surface area contributed by atoms with Gasteiger partial charge in [-0.2, -0.15) is 0 Å². The van der Waals surface area contributed by atoms with Crippen molar-refractivity contribution in [3.63, 3.8) is 0 Å². The summed E-state index contributed by atoms with van der Waals surface area (Å²) in [6, 6.07) is 5.99. The highest BCUT2D eigenvalue weighted by atomic mass is 16.6. The largest absolute Gasteiger partial charge is 0.352 e. The molecule has 0 spiro atoms. The Labute approximate surface area is 106 Å². The van der Waals surface area contributed by atoms with Crippen LogP contribution in [-0.4, -0.2) is 17.4 Å². The molecule has 0 bridgehead atoms. The first kappa shape index (κ1) is 14.2. The maximum absolute atomic E-state index is 11.9. The van der Waals surface area contributed by atoms with Crippen LogP contribution >= 0.6 is 0 Å². The molecule has 1 aromatic rings. The second kappa shape index (κ2) is 6.74. The zero-order valence-corrected chi connectivity index (χ0v) is 10.7. The van der Waals surface area contributed by atoms with E-state index in [0.29, 0.717) is 12.5 Å². The number of benzene rings is 1. The maximum atomic E-state index is 11.9. The van der Waals surface area contributed by atoms with Crippen LogP contribution in [0, 0.1) is 16.0 Å². The Morgan fingerprint density at radius 2 is 1.94 bits per heavy atom. The van der Waals surface area contributed by atoms with Crippen LogP contribution in [0.3, 0.4) is 0 Å². The number of nitrogens with zero attached hydrogens (tertiary/aromatic N) is 1.